The Morgan fingerprint density at radius 1 is 1.62 bits per heavy atom. The van der Waals surface area contributed by atoms with E-state index in [-0.39, 0.29) is 18.4 Å². The van der Waals surface area contributed by atoms with Crippen LogP contribution in [0.5, 0.6) is 0 Å². The molecule has 1 aliphatic rings. The minimum atomic E-state index is -0.402. The number of aryl methyl sites for hydroxylation is 1. The summed E-state index contributed by atoms with van der Waals surface area (Å²) in [6.07, 6.45) is 0.596. The molecule has 1 atom stereocenters. The van der Waals surface area contributed by atoms with Crippen LogP contribution in [0.15, 0.2) is 6.07 Å². The second-order valence-electron chi connectivity index (χ2n) is 4.80. The second kappa shape index (κ2) is 6.74. The number of carbonyl (C=O) groups is 2. The normalized spacial score (nSPS) is 18.0. The zero-order valence-electron chi connectivity index (χ0n) is 12.1. The Morgan fingerprint density at radius 2 is 2.38 bits per heavy atom. The quantitative estimate of drug-likeness (QED) is 0.792. The molecule has 1 fully saturated rings. The third kappa shape index (κ3) is 3.26. The van der Waals surface area contributed by atoms with Crippen molar-refractivity contribution in [3.05, 3.63) is 21.4 Å². The molecule has 1 saturated heterocycles. The number of rotatable bonds is 2. The number of hydrogen-bond acceptors (Lipinski definition) is 4. The van der Waals surface area contributed by atoms with Crippen molar-refractivity contribution in [2.24, 2.45) is 0 Å². The maximum absolute atomic E-state index is 12.6. The molecule has 1 aromatic rings. The zero-order valence-corrected chi connectivity index (χ0v) is 12.9. The van der Waals surface area contributed by atoms with Gasteiger partial charge in [0.05, 0.1) is 9.75 Å². The molecule has 2 rings (SSSR count). The van der Waals surface area contributed by atoms with Gasteiger partial charge in [0.1, 0.15) is 12.6 Å². The Labute approximate surface area is 128 Å². The van der Waals surface area contributed by atoms with Crippen LogP contribution in [-0.4, -0.2) is 47.6 Å². The van der Waals surface area contributed by atoms with E-state index in [1.165, 1.54) is 11.3 Å². The highest BCUT2D eigenvalue weighted by atomic mass is 32.1. The molecule has 2 N–H and O–H groups in total. The molecule has 5 nitrogen and oxygen atoms in total. The van der Waals surface area contributed by atoms with E-state index in [2.05, 4.69) is 17.2 Å². The van der Waals surface area contributed by atoms with Gasteiger partial charge in [-0.05, 0) is 25.0 Å². The number of nitrogens with zero attached hydrogens (tertiary/aromatic N) is 1. The molecular weight excluding hydrogens is 288 g/mol. The molecule has 1 unspecified atom stereocenters. The van der Waals surface area contributed by atoms with Crippen LogP contribution < -0.4 is 5.32 Å². The molecule has 0 bridgehead atoms. The number of amides is 2. The summed E-state index contributed by atoms with van der Waals surface area (Å²) in [6.45, 7) is 4.59. The van der Waals surface area contributed by atoms with E-state index in [0.29, 0.717) is 24.4 Å². The standard InChI is InChI=1S/C15H18N2O3S/c1-3-11-14(19)16-6-7-17(11)15(20)13-9-10(2)12(21-13)5-4-8-18/h9,11,18H,3,6-8H2,1-2H3,(H,16,19). The first kappa shape index (κ1) is 15.5. The van der Waals surface area contributed by atoms with Crippen molar-refractivity contribution in [2.75, 3.05) is 19.7 Å². The summed E-state index contributed by atoms with van der Waals surface area (Å²) in [5, 5.41) is 11.5. The van der Waals surface area contributed by atoms with Crippen molar-refractivity contribution in [1.82, 2.24) is 10.2 Å². The molecule has 1 aromatic heterocycles. The molecule has 21 heavy (non-hydrogen) atoms. The van der Waals surface area contributed by atoms with Gasteiger partial charge in [-0.25, -0.2) is 0 Å². The Morgan fingerprint density at radius 3 is 3.05 bits per heavy atom. The van der Waals surface area contributed by atoms with Crippen molar-refractivity contribution in [2.45, 2.75) is 26.3 Å². The third-order valence-electron chi connectivity index (χ3n) is 3.39. The Bertz CT molecular complexity index is 612. The van der Waals surface area contributed by atoms with Gasteiger partial charge in [-0.3, -0.25) is 9.59 Å². The van der Waals surface area contributed by atoms with Crippen LogP contribution in [0.2, 0.25) is 0 Å². The molecule has 2 amide bonds. The maximum atomic E-state index is 12.6. The highest BCUT2D eigenvalue weighted by Gasteiger charge is 2.32. The van der Waals surface area contributed by atoms with Crippen LogP contribution in [-0.2, 0) is 4.79 Å². The number of aliphatic hydroxyl groups excluding tert-OH is 1. The predicted molar refractivity (Wildman–Crippen MR) is 81.1 cm³/mol. The molecular formula is C15H18N2O3S. The van der Waals surface area contributed by atoms with Gasteiger partial charge >= 0.3 is 0 Å². The summed E-state index contributed by atoms with van der Waals surface area (Å²) >= 11 is 1.31. The van der Waals surface area contributed by atoms with Crippen LogP contribution in [0.25, 0.3) is 0 Å². The van der Waals surface area contributed by atoms with Crippen LogP contribution in [0.1, 0.15) is 33.5 Å². The van der Waals surface area contributed by atoms with Crippen molar-refractivity contribution in [3.8, 4) is 11.8 Å². The molecule has 1 aliphatic heterocycles. The van der Waals surface area contributed by atoms with Crippen LogP contribution in [0.4, 0.5) is 0 Å². The molecule has 0 aliphatic carbocycles. The molecule has 0 spiro atoms. The fourth-order valence-corrected chi connectivity index (χ4v) is 3.34. The monoisotopic (exact) mass is 306 g/mol. The van der Waals surface area contributed by atoms with E-state index in [1.807, 2.05) is 13.8 Å². The summed E-state index contributed by atoms with van der Waals surface area (Å²) in [5.41, 5.74) is 0.916. The summed E-state index contributed by atoms with van der Waals surface area (Å²) < 4.78 is 0. The van der Waals surface area contributed by atoms with Crippen molar-refractivity contribution in [1.29, 1.82) is 0 Å². The van der Waals surface area contributed by atoms with Gasteiger partial charge < -0.3 is 15.3 Å². The lowest BCUT2D eigenvalue weighted by atomic mass is 10.1. The molecule has 6 heteroatoms. The highest BCUT2D eigenvalue weighted by molar-refractivity contribution is 7.14. The van der Waals surface area contributed by atoms with E-state index in [4.69, 9.17) is 5.11 Å². The van der Waals surface area contributed by atoms with Gasteiger partial charge in [0.25, 0.3) is 5.91 Å². The first-order valence-electron chi connectivity index (χ1n) is 6.87. The van der Waals surface area contributed by atoms with Gasteiger partial charge in [0.2, 0.25) is 5.91 Å². The SMILES string of the molecule is CCC1C(=O)NCCN1C(=O)c1cc(C)c(C#CCO)s1. The smallest absolute Gasteiger partial charge is 0.264 e. The highest BCUT2D eigenvalue weighted by Crippen LogP contribution is 2.24. The average molecular weight is 306 g/mol. The molecule has 2 heterocycles. The number of nitrogens with one attached hydrogen (secondary N) is 1. The lowest BCUT2D eigenvalue weighted by molar-refractivity contribution is -0.127. The van der Waals surface area contributed by atoms with Gasteiger partial charge in [-0.1, -0.05) is 18.8 Å². The summed E-state index contributed by atoms with van der Waals surface area (Å²) in [5.74, 6) is 5.22. The lowest BCUT2D eigenvalue weighted by Gasteiger charge is -2.34. The van der Waals surface area contributed by atoms with Gasteiger partial charge in [-0.2, -0.15) is 0 Å². The summed E-state index contributed by atoms with van der Waals surface area (Å²) in [4.78, 5) is 27.4. The van der Waals surface area contributed by atoms with Crippen LogP contribution in [0, 0.1) is 18.8 Å². The number of hydrogen-bond donors (Lipinski definition) is 2. The number of carbonyl (C=O) groups excluding carboxylic acids is 2. The fourth-order valence-electron chi connectivity index (χ4n) is 2.34. The van der Waals surface area contributed by atoms with E-state index in [0.717, 1.165) is 10.4 Å². The predicted octanol–water partition coefficient (Wildman–Crippen LogP) is 0.751. The lowest BCUT2D eigenvalue weighted by Crippen LogP contribution is -2.56. The minimum Gasteiger partial charge on any atom is -0.384 e. The van der Waals surface area contributed by atoms with Crippen molar-refractivity contribution >= 4 is 23.2 Å². The Kier molecular flexibility index (Phi) is 4.99. The maximum Gasteiger partial charge on any atom is 0.264 e. The number of piperazine rings is 1. The molecule has 112 valence electrons. The molecule has 0 saturated carbocycles. The van der Waals surface area contributed by atoms with Gasteiger partial charge in [0, 0.05) is 13.1 Å². The second-order valence-corrected chi connectivity index (χ2v) is 5.85. The molecule has 0 aromatic carbocycles. The number of aliphatic hydroxyl groups is 1. The third-order valence-corrected chi connectivity index (χ3v) is 4.53. The first-order chi connectivity index (χ1) is 10.1. The first-order valence-corrected chi connectivity index (χ1v) is 7.69. The Hall–Kier alpha value is -1.84. The largest absolute Gasteiger partial charge is 0.384 e. The van der Waals surface area contributed by atoms with Crippen LogP contribution >= 0.6 is 11.3 Å². The summed E-state index contributed by atoms with van der Waals surface area (Å²) in [7, 11) is 0. The average Bonchev–Trinajstić information content (AvgIpc) is 2.85. The summed E-state index contributed by atoms with van der Waals surface area (Å²) in [6, 6.07) is 1.40. The van der Waals surface area contributed by atoms with Crippen molar-refractivity contribution in [3.63, 3.8) is 0 Å². The minimum absolute atomic E-state index is 0.0920. The molecule has 0 radical (unpaired) electrons. The van der Waals surface area contributed by atoms with Gasteiger partial charge in [-0.15, -0.1) is 11.3 Å². The Balaban J connectivity index is 2.25. The zero-order chi connectivity index (χ0) is 15.4. The van der Waals surface area contributed by atoms with Crippen LogP contribution in [0.3, 0.4) is 0 Å². The van der Waals surface area contributed by atoms with E-state index in [1.54, 1.807) is 11.0 Å². The van der Waals surface area contributed by atoms with Gasteiger partial charge in [0.15, 0.2) is 0 Å². The number of thiophene rings is 1. The van der Waals surface area contributed by atoms with Crippen molar-refractivity contribution < 1.29 is 14.7 Å². The van der Waals surface area contributed by atoms with E-state index >= 15 is 0 Å². The van der Waals surface area contributed by atoms with E-state index < -0.39 is 6.04 Å². The topological polar surface area (TPSA) is 69.6 Å². The fraction of sp³-hybridized carbons (Fsp3) is 0.467. The van der Waals surface area contributed by atoms with E-state index in [9.17, 15) is 9.59 Å².